The number of halogens is 1. The zero-order valence-electron chi connectivity index (χ0n) is 8.80. The molecule has 1 unspecified atom stereocenters. The smallest absolute Gasteiger partial charge is 0.165 e. The molecule has 0 saturated carbocycles. The Kier molecular flexibility index (Phi) is 3.12. The molecule has 2 N–H and O–H groups in total. The first-order chi connectivity index (χ1) is 7.65. The summed E-state index contributed by atoms with van der Waals surface area (Å²) in [6.45, 7) is 1.85. The van der Waals surface area contributed by atoms with Gasteiger partial charge in [0.15, 0.2) is 5.75 Å². The minimum atomic E-state index is -0.164. The van der Waals surface area contributed by atoms with E-state index in [-0.39, 0.29) is 6.17 Å². The molecule has 0 aliphatic rings. The summed E-state index contributed by atoms with van der Waals surface area (Å²) >= 11 is 5.77. The molecule has 0 fully saturated rings. The van der Waals surface area contributed by atoms with Crippen molar-refractivity contribution in [1.29, 1.82) is 0 Å². The Morgan fingerprint density at radius 3 is 2.56 bits per heavy atom. The van der Waals surface area contributed by atoms with E-state index in [2.05, 4.69) is 5.10 Å². The number of nitrogens with zero attached hydrogens (tertiary/aromatic N) is 2. The standard InChI is InChI=1S/C11H12ClN3O/c1-8(13)15-7-11(6-14-15)16-10-4-2-9(12)3-5-10/h2-8H,13H2,1H3. The lowest BCUT2D eigenvalue weighted by molar-refractivity contribution is 0.474. The highest BCUT2D eigenvalue weighted by Crippen LogP contribution is 2.22. The maximum Gasteiger partial charge on any atom is 0.165 e. The van der Waals surface area contributed by atoms with E-state index in [1.165, 1.54) is 0 Å². The number of benzene rings is 1. The van der Waals surface area contributed by atoms with Gasteiger partial charge < -0.3 is 10.5 Å². The van der Waals surface area contributed by atoms with Crippen LogP contribution in [-0.2, 0) is 0 Å². The van der Waals surface area contributed by atoms with E-state index >= 15 is 0 Å². The maximum atomic E-state index is 5.77. The fourth-order valence-electron chi connectivity index (χ4n) is 1.23. The molecule has 0 spiro atoms. The average Bonchev–Trinajstić information content (AvgIpc) is 2.70. The number of rotatable bonds is 3. The molecule has 0 radical (unpaired) electrons. The SMILES string of the molecule is CC(N)n1cc(Oc2ccc(Cl)cc2)cn1. The first-order valence-electron chi connectivity index (χ1n) is 4.88. The van der Waals surface area contributed by atoms with Gasteiger partial charge in [-0.1, -0.05) is 11.6 Å². The lowest BCUT2D eigenvalue weighted by Crippen LogP contribution is -2.14. The predicted molar refractivity (Wildman–Crippen MR) is 62.7 cm³/mol. The van der Waals surface area contributed by atoms with Crippen molar-refractivity contribution in [2.45, 2.75) is 13.1 Å². The highest BCUT2D eigenvalue weighted by molar-refractivity contribution is 6.30. The summed E-state index contributed by atoms with van der Waals surface area (Å²) in [4.78, 5) is 0. The highest BCUT2D eigenvalue weighted by Gasteiger charge is 2.03. The van der Waals surface area contributed by atoms with Crippen LogP contribution in [0.4, 0.5) is 0 Å². The summed E-state index contributed by atoms with van der Waals surface area (Å²) < 4.78 is 7.20. The van der Waals surface area contributed by atoms with Gasteiger partial charge in [0.25, 0.3) is 0 Å². The summed E-state index contributed by atoms with van der Waals surface area (Å²) in [6.07, 6.45) is 3.21. The van der Waals surface area contributed by atoms with Gasteiger partial charge in [-0.25, -0.2) is 0 Å². The second-order valence-corrected chi connectivity index (χ2v) is 3.89. The van der Waals surface area contributed by atoms with Gasteiger partial charge in [-0.3, -0.25) is 4.68 Å². The van der Waals surface area contributed by atoms with Crippen LogP contribution in [0.25, 0.3) is 0 Å². The number of nitrogens with two attached hydrogens (primary N) is 1. The Labute approximate surface area is 98.6 Å². The summed E-state index contributed by atoms with van der Waals surface area (Å²) in [5, 5.41) is 4.75. The summed E-state index contributed by atoms with van der Waals surface area (Å²) in [6, 6.07) is 7.14. The molecular formula is C11H12ClN3O. The van der Waals surface area contributed by atoms with Crippen LogP contribution in [-0.4, -0.2) is 9.78 Å². The highest BCUT2D eigenvalue weighted by atomic mass is 35.5. The van der Waals surface area contributed by atoms with Crippen molar-refractivity contribution in [3.05, 3.63) is 41.7 Å². The molecule has 1 aromatic heterocycles. The van der Waals surface area contributed by atoms with Gasteiger partial charge in [-0.15, -0.1) is 0 Å². The molecule has 84 valence electrons. The second kappa shape index (κ2) is 4.55. The molecule has 1 aromatic carbocycles. The van der Waals surface area contributed by atoms with E-state index in [1.807, 2.05) is 6.92 Å². The van der Waals surface area contributed by atoms with Crippen LogP contribution in [0.2, 0.25) is 5.02 Å². The van der Waals surface area contributed by atoms with Crippen LogP contribution >= 0.6 is 11.6 Å². The van der Waals surface area contributed by atoms with E-state index in [1.54, 1.807) is 41.3 Å². The quantitative estimate of drug-likeness (QED) is 0.893. The lowest BCUT2D eigenvalue weighted by Gasteiger charge is -2.04. The lowest BCUT2D eigenvalue weighted by atomic mass is 10.3. The number of hydrogen-bond donors (Lipinski definition) is 1. The van der Waals surface area contributed by atoms with Crippen LogP contribution < -0.4 is 10.5 Å². The first-order valence-corrected chi connectivity index (χ1v) is 5.26. The monoisotopic (exact) mass is 237 g/mol. The zero-order chi connectivity index (χ0) is 11.5. The van der Waals surface area contributed by atoms with E-state index in [0.29, 0.717) is 16.5 Å². The van der Waals surface area contributed by atoms with Gasteiger partial charge >= 0.3 is 0 Å². The molecule has 0 saturated heterocycles. The second-order valence-electron chi connectivity index (χ2n) is 3.45. The van der Waals surface area contributed by atoms with Gasteiger partial charge in [-0.2, -0.15) is 5.10 Å². The summed E-state index contributed by atoms with van der Waals surface area (Å²) in [5.74, 6) is 1.37. The van der Waals surface area contributed by atoms with Gasteiger partial charge in [0.1, 0.15) is 5.75 Å². The number of aromatic nitrogens is 2. The largest absolute Gasteiger partial charge is 0.454 e. The molecule has 16 heavy (non-hydrogen) atoms. The fourth-order valence-corrected chi connectivity index (χ4v) is 1.36. The van der Waals surface area contributed by atoms with Crippen LogP contribution in [0.5, 0.6) is 11.5 Å². The molecular weight excluding hydrogens is 226 g/mol. The minimum Gasteiger partial charge on any atom is -0.454 e. The predicted octanol–water partition coefficient (Wildman–Crippen LogP) is 2.81. The van der Waals surface area contributed by atoms with Crippen molar-refractivity contribution >= 4 is 11.6 Å². The Bertz CT molecular complexity index is 464. The Morgan fingerprint density at radius 1 is 1.31 bits per heavy atom. The molecule has 0 amide bonds. The maximum absolute atomic E-state index is 5.77. The molecule has 4 nitrogen and oxygen atoms in total. The van der Waals surface area contributed by atoms with Gasteiger partial charge in [-0.05, 0) is 31.2 Å². The van der Waals surface area contributed by atoms with Gasteiger partial charge in [0, 0.05) is 5.02 Å². The van der Waals surface area contributed by atoms with E-state index < -0.39 is 0 Å². The third kappa shape index (κ3) is 2.53. The summed E-state index contributed by atoms with van der Waals surface area (Å²) in [5.41, 5.74) is 5.67. The topological polar surface area (TPSA) is 53.1 Å². The van der Waals surface area contributed by atoms with E-state index in [0.717, 1.165) is 0 Å². The van der Waals surface area contributed by atoms with Crippen LogP contribution in [0, 0.1) is 0 Å². The van der Waals surface area contributed by atoms with Crippen LogP contribution in [0.1, 0.15) is 13.1 Å². The van der Waals surface area contributed by atoms with Crippen molar-refractivity contribution in [2.24, 2.45) is 5.73 Å². The first kappa shape index (κ1) is 11.0. The van der Waals surface area contributed by atoms with Crippen LogP contribution in [0.3, 0.4) is 0 Å². The molecule has 0 bridgehead atoms. The molecule has 2 rings (SSSR count). The molecule has 0 aliphatic carbocycles. The number of hydrogen-bond acceptors (Lipinski definition) is 3. The van der Waals surface area contributed by atoms with Gasteiger partial charge in [0.2, 0.25) is 0 Å². The number of ether oxygens (including phenoxy) is 1. The van der Waals surface area contributed by atoms with Crippen molar-refractivity contribution in [3.8, 4) is 11.5 Å². The van der Waals surface area contributed by atoms with Crippen molar-refractivity contribution < 1.29 is 4.74 Å². The van der Waals surface area contributed by atoms with Gasteiger partial charge in [0.05, 0.1) is 18.6 Å². The zero-order valence-corrected chi connectivity index (χ0v) is 9.56. The third-order valence-corrected chi connectivity index (χ3v) is 2.30. The molecule has 5 heteroatoms. The Morgan fingerprint density at radius 2 is 2.00 bits per heavy atom. The fraction of sp³-hybridized carbons (Fsp3) is 0.182. The third-order valence-electron chi connectivity index (χ3n) is 2.04. The molecule has 1 atom stereocenters. The minimum absolute atomic E-state index is 0.164. The van der Waals surface area contributed by atoms with Crippen molar-refractivity contribution in [2.75, 3.05) is 0 Å². The van der Waals surface area contributed by atoms with E-state index in [4.69, 9.17) is 22.1 Å². The Hall–Kier alpha value is -1.52. The van der Waals surface area contributed by atoms with Crippen LogP contribution in [0.15, 0.2) is 36.7 Å². The summed E-state index contributed by atoms with van der Waals surface area (Å²) in [7, 11) is 0. The molecule has 0 aliphatic heterocycles. The average molecular weight is 238 g/mol. The van der Waals surface area contributed by atoms with Crippen molar-refractivity contribution in [1.82, 2.24) is 9.78 Å². The van der Waals surface area contributed by atoms with Crippen molar-refractivity contribution in [3.63, 3.8) is 0 Å². The van der Waals surface area contributed by atoms with E-state index in [9.17, 15) is 0 Å². The normalized spacial score (nSPS) is 12.4. The molecule has 1 heterocycles. The Balaban J connectivity index is 2.11. The molecule has 2 aromatic rings.